The number of aliphatic hydroxyl groups excluding tert-OH is 2. The van der Waals surface area contributed by atoms with Crippen LogP contribution in [0.15, 0.2) is 12.2 Å². The van der Waals surface area contributed by atoms with Crippen molar-refractivity contribution in [3.05, 3.63) is 12.2 Å². The van der Waals surface area contributed by atoms with Crippen LogP contribution in [0.3, 0.4) is 0 Å². The van der Waals surface area contributed by atoms with E-state index in [4.69, 9.17) is 13.6 Å². The Morgan fingerprint density at radius 3 is 1.73 bits per heavy atom. The van der Waals surface area contributed by atoms with E-state index in [0.717, 1.165) is 0 Å². The number of hydrogen-bond acceptors (Lipinski definition) is 6. The van der Waals surface area contributed by atoms with Crippen LogP contribution >= 0.6 is 0 Å². The Morgan fingerprint density at radius 2 is 1.33 bits per heavy atom. The van der Waals surface area contributed by atoms with E-state index < -0.39 is 40.9 Å². The fourth-order valence-electron chi connectivity index (χ4n) is 2.21. The third kappa shape index (κ3) is 8.55. The molecule has 0 radical (unpaired) electrons. The van der Waals surface area contributed by atoms with Crippen LogP contribution in [0.4, 0.5) is 0 Å². The second-order valence-corrected chi connectivity index (χ2v) is 20.5. The van der Waals surface area contributed by atoms with E-state index in [-0.39, 0.29) is 22.8 Å². The van der Waals surface area contributed by atoms with Crippen molar-refractivity contribution in [2.45, 2.75) is 116 Å². The minimum atomic E-state index is -2.14. The Balaban J connectivity index is 5.72. The summed E-state index contributed by atoms with van der Waals surface area (Å²) in [6, 6.07) is 0. The molecule has 0 amide bonds. The van der Waals surface area contributed by atoms with Gasteiger partial charge in [0, 0.05) is 0 Å². The van der Waals surface area contributed by atoms with Gasteiger partial charge in [-0.25, -0.2) is 4.79 Å². The first-order valence-corrected chi connectivity index (χ1v) is 16.6. The smallest absolute Gasteiger partial charge is 0.338 e. The molecule has 0 aliphatic carbocycles. The molecule has 8 heteroatoms. The minimum Gasteiger partial charge on any atom is -0.464 e. The third-order valence-electron chi connectivity index (χ3n) is 6.34. The maximum absolute atomic E-state index is 11.7. The SMILES string of the molecule is CCOC(=O)[C@@H](O)[C@H](O)/C=C/[C@H](O[Si](C)(C)C(C)(C)C)[C@H](C)O[Si](C)(C)C(C)(C)C. The van der Waals surface area contributed by atoms with Crippen molar-refractivity contribution in [3.8, 4) is 0 Å². The van der Waals surface area contributed by atoms with Crippen molar-refractivity contribution in [3.63, 3.8) is 0 Å². The van der Waals surface area contributed by atoms with E-state index >= 15 is 0 Å². The first kappa shape index (κ1) is 29.5. The summed E-state index contributed by atoms with van der Waals surface area (Å²) in [5.41, 5.74) is 0. The highest BCUT2D eigenvalue weighted by molar-refractivity contribution is 6.74. The Labute approximate surface area is 186 Å². The molecule has 0 aliphatic rings. The molecule has 0 aromatic heterocycles. The molecule has 0 heterocycles. The standard InChI is InChI=1S/C22H46O6Si2/c1-13-26-20(25)19(24)17(23)14-15-18(28-30(11,12)22(6,7)8)16(2)27-29(9,10)21(3,4)5/h14-19,23-24H,13H2,1-12H3/b15-14+/t16-,17+,18-,19-/m0/s1. The predicted molar refractivity (Wildman–Crippen MR) is 128 cm³/mol. The fourth-order valence-corrected chi connectivity index (χ4v) is 4.93. The second-order valence-electron chi connectivity index (χ2n) is 11.0. The van der Waals surface area contributed by atoms with Crippen molar-refractivity contribution in [1.82, 2.24) is 0 Å². The lowest BCUT2D eigenvalue weighted by atomic mass is 10.1. The van der Waals surface area contributed by atoms with Crippen molar-refractivity contribution >= 4 is 22.6 Å². The molecule has 2 N–H and O–H groups in total. The van der Waals surface area contributed by atoms with Crippen molar-refractivity contribution < 1.29 is 28.6 Å². The predicted octanol–water partition coefficient (Wildman–Crippen LogP) is 4.63. The Kier molecular flexibility index (Phi) is 10.7. The number of hydrogen-bond donors (Lipinski definition) is 2. The van der Waals surface area contributed by atoms with Crippen LogP contribution in [0.2, 0.25) is 36.3 Å². The van der Waals surface area contributed by atoms with Crippen LogP contribution in [0.25, 0.3) is 0 Å². The molecule has 0 rings (SSSR count). The van der Waals surface area contributed by atoms with Crippen LogP contribution in [0.1, 0.15) is 55.4 Å². The van der Waals surface area contributed by atoms with E-state index in [9.17, 15) is 15.0 Å². The fraction of sp³-hybridized carbons (Fsp3) is 0.864. The summed E-state index contributed by atoms with van der Waals surface area (Å²) in [6.07, 6.45) is -0.552. The van der Waals surface area contributed by atoms with Crippen molar-refractivity contribution in [1.29, 1.82) is 0 Å². The Bertz CT molecular complexity index is 575. The summed E-state index contributed by atoms with van der Waals surface area (Å²) in [7, 11) is -4.18. The third-order valence-corrected chi connectivity index (χ3v) is 15.4. The Morgan fingerprint density at radius 1 is 0.900 bits per heavy atom. The van der Waals surface area contributed by atoms with E-state index in [1.165, 1.54) is 6.08 Å². The van der Waals surface area contributed by atoms with Crippen LogP contribution < -0.4 is 0 Å². The number of ether oxygens (including phenoxy) is 1. The van der Waals surface area contributed by atoms with E-state index in [1.807, 2.05) is 6.92 Å². The molecule has 0 saturated heterocycles. The lowest BCUT2D eigenvalue weighted by Crippen LogP contribution is -2.50. The molecule has 6 nitrogen and oxygen atoms in total. The van der Waals surface area contributed by atoms with Gasteiger partial charge in [-0.05, 0) is 50.1 Å². The normalized spacial score (nSPS) is 18.2. The van der Waals surface area contributed by atoms with Gasteiger partial charge in [0.1, 0.15) is 6.10 Å². The molecule has 0 aromatic carbocycles. The van der Waals surface area contributed by atoms with Gasteiger partial charge in [0.2, 0.25) is 0 Å². The molecule has 30 heavy (non-hydrogen) atoms. The molecular formula is C22H46O6Si2. The maximum atomic E-state index is 11.7. The zero-order chi connectivity index (χ0) is 24.1. The molecule has 0 fully saturated rings. The lowest BCUT2D eigenvalue weighted by molar-refractivity contribution is -0.157. The monoisotopic (exact) mass is 462 g/mol. The number of carbonyl (C=O) groups excluding carboxylic acids is 1. The van der Waals surface area contributed by atoms with Crippen LogP contribution in [-0.2, 0) is 18.4 Å². The number of aliphatic hydroxyl groups is 2. The highest BCUT2D eigenvalue weighted by Crippen LogP contribution is 2.40. The first-order chi connectivity index (χ1) is 13.3. The quantitative estimate of drug-likeness (QED) is 0.280. The van der Waals surface area contributed by atoms with E-state index in [2.05, 4.69) is 67.7 Å². The van der Waals surface area contributed by atoms with E-state index in [1.54, 1.807) is 13.0 Å². The number of rotatable bonds is 10. The summed E-state index contributed by atoms with van der Waals surface area (Å²) in [5, 5.41) is 20.3. The van der Waals surface area contributed by atoms with Gasteiger partial charge in [0.05, 0.1) is 18.8 Å². The molecule has 0 saturated carbocycles. The summed E-state index contributed by atoms with van der Waals surface area (Å²) in [6.45, 7) is 25.5. The van der Waals surface area contributed by atoms with Gasteiger partial charge in [0.25, 0.3) is 0 Å². The van der Waals surface area contributed by atoms with Gasteiger partial charge in [-0.3, -0.25) is 0 Å². The van der Waals surface area contributed by atoms with E-state index in [0.29, 0.717) is 0 Å². The summed E-state index contributed by atoms with van der Waals surface area (Å²) in [5.74, 6) is -0.845. The number of esters is 1. The zero-order valence-electron chi connectivity index (χ0n) is 21.2. The number of carbonyl (C=O) groups is 1. The zero-order valence-corrected chi connectivity index (χ0v) is 23.2. The molecular weight excluding hydrogens is 416 g/mol. The molecule has 0 unspecified atom stereocenters. The van der Waals surface area contributed by atoms with Crippen LogP contribution in [0, 0.1) is 0 Å². The highest BCUT2D eigenvalue weighted by Gasteiger charge is 2.43. The minimum absolute atomic E-state index is 0.00115. The van der Waals surface area contributed by atoms with Gasteiger partial charge in [-0.15, -0.1) is 0 Å². The topological polar surface area (TPSA) is 85.2 Å². The van der Waals surface area contributed by atoms with Gasteiger partial charge < -0.3 is 23.8 Å². The lowest BCUT2D eigenvalue weighted by Gasteiger charge is -2.43. The van der Waals surface area contributed by atoms with Crippen molar-refractivity contribution in [2.24, 2.45) is 0 Å². The summed E-state index contributed by atoms with van der Waals surface area (Å²) >= 11 is 0. The van der Waals surface area contributed by atoms with Gasteiger partial charge >= 0.3 is 5.97 Å². The van der Waals surface area contributed by atoms with Crippen LogP contribution in [-0.4, -0.2) is 63.8 Å². The first-order valence-electron chi connectivity index (χ1n) is 10.8. The molecule has 0 aromatic rings. The van der Waals surface area contributed by atoms with Crippen LogP contribution in [0.5, 0.6) is 0 Å². The molecule has 0 spiro atoms. The maximum Gasteiger partial charge on any atom is 0.338 e. The van der Waals surface area contributed by atoms with Gasteiger partial charge in [0.15, 0.2) is 22.7 Å². The molecule has 178 valence electrons. The summed E-state index contributed by atoms with van der Waals surface area (Å²) in [4.78, 5) is 11.7. The highest BCUT2D eigenvalue weighted by atomic mass is 28.4. The average molecular weight is 463 g/mol. The molecule has 0 aliphatic heterocycles. The largest absolute Gasteiger partial charge is 0.464 e. The Hall–Kier alpha value is -0.516. The van der Waals surface area contributed by atoms with Crippen molar-refractivity contribution in [2.75, 3.05) is 6.61 Å². The molecule has 4 atom stereocenters. The average Bonchev–Trinajstić information content (AvgIpc) is 2.55. The summed E-state index contributed by atoms with van der Waals surface area (Å²) < 4.78 is 17.9. The van der Waals surface area contributed by atoms with Gasteiger partial charge in [-0.2, -0.15) is 0 Å². The van der Waals surface area contributed by atoms with Gasteiger partial charge in [-0.1, -0.05) is 53.7 Å². The second kappa shape index (κ2) is 10.9. The molecule has 0 bridgehead atoms.